The van der Waals surface area contributed by atoms with Crippen LogP contribution in [0.2, 0.25) is 0 Å². The fourth-order valence-electron chi connectivity index (χ4n) is 1.52. The summed E-state index contributed by atoms with van der Waals surface area (Å²) < 4.78 is 4.07. The van der Waals surface area contributed by atoms with Crippen molar-refractivity contribution < 1.29 is 4.79 Å². The molecule has 0 aliphatic heterocycles. The summed E-state index contributed by atoms with van der Waals surface area (Å²) >= 11 is 1.32. The maximum atomic E-state index is 11.8. The Morgan fingerprint density at radius 2 is 1.95 bits per heavy atom. The molecule has 5 nitrogen and oxygen atoms in total. The zero-order valence-corrected chi connectivity index (χ0v) is 11.8. The molecule has 0 fully saturated rings. The predicted octanol–water partition coefficient (Wildman–Crippen LogP) is 2.00. The van der Waals surface area contributed by atoms with E-state index in [1.165, 1.54) is 11.5 Å². The third-order valence-electron chi connectivity index (χ3n) is 2.53. The first-order chi connectivity index (χ1) is 9.15. The molecule has 0 bridgehead atoms. The molecule has 1 aromatic heterocycles. The molecule has 0 unspecified atom stereocenters. The van der Waals surface area contributed by atoms with Gasteiger partial charge in [-0.3, -0.25) is 4.79 Å². The monoisotopic (exact) mass is 276 g/mol. The molecule has 1 amide bonds. The standard InChI is InChI=1S/C13H16N4OS/c1-9-3-5-11(6-4-9)12(18)14-7-8-15-13-16-10(2)17-19-13/h3-6H,7-8H2,1-2H3,(H,14,18)(H,15,16,17). The highest BCUT2D eigenvalue weighted by molar-refractivity contribution is 7.09. The van der Waals surface area contributed by atoms with Gasteiger partial charge in [0, 0.05) is 30.2 Å². The number of carbonyl (C=O) groups excluding carboxylic acids is 1. The second kappa shape index (κ2) is 6.29. The van der Waals surface area contributed by atoms with E-state index in [1.807, 2.05) is 38.1 Å². The summed E-state index contributed by atoms with van der Waals surface area (Å²) in [5.41, 5.74) is 1.82. The van der Waals surface area contributed by atoms with E-state index >= 15 is 0 Å². The number of aromatic nitrogens is 2. The molecule has 0 aliphatic carbocycles. The molecule has 1 heterocycles. The number of rotatable bonds is 5. The molecule has 2 aromatic rings. The van der Waals surface area contributed by atoms with Crippen molar-refractivity contribution in [2.75, 3.05) is 18.4 Å². The third kappa shape index (κ3) is 4.03. The van der Waals surface area contributed by atoms with Crippen LogP contribution in [-0.2, 0) is 0 Å². The van der Waals surface area contributed by atoms with E-state index in [9.17, 15) is 4.79 Å². The molecular weight excluding hydrogens is 260 g/mol. The molecular formula is C13H16N4OS. The second-order valence-electron chi connectivity index (χ2n) is 4.20. The van der Waals surface area contributed by atoms with Crippen molar-refractivity contribution >= 4 is 22.6 Å². The summed E-state index contributed by atoms with van der Waals surface area (Å²) in [7, 11) is 0. The number of carbonyl (C=O) groups is 1. The molecule has 6 heteroatoms. The first kappa shape index (κ1) is 13.5. The summed E-state index contributed by atoms with van der Waals surface area (Å²) in [4.78, 5) is 16.0. The molecule has 2 rings (SSSR count). The Morgan fingerprint density at radius 1 is 1.21 bits per heavy atom. The number of amides is 1. The van der Waals surface area contributed by atoms with Gasteiger partial charge >= 0.3 is 0 Å². The summed E-state index contributed by atoms with van der Waals surface area (Å²) in [6.07, 6.45) is 0. The Labute approximate surface area is 116 Å². The largest absolute Gasteiger partial charge is 0.359 e. The Balaban J connectivity index is 1.73. The zero-order chi connectivity index (χ0) is 13.7. The minimum absolute atomic E-state index is 0.0600. The van der Waals surface area contributed by atoms with Crippen LogP contribution in [0.4, 0.5) is 5.13 Å². The normalized spacial score (nSPS) is 10.2. The van der Waals surface area contributed by atoms with Gasteiger partial charge in [0.1, 0.15) is 5.82 Å². The van der Waals surface area contributed by atoms with E-state index in [-0.39, 0.29) is 5.91 Å². The fourth-order valence-corrected chi connectivity index (χ4v) is 2.12. The third-order valence-corrected chi connectivity index (χ3v) is 3.29. The van der Waals surface area contributed by atoms with Gasteiger partial charge in [-0.05, 0) is 26.0 Å². The molecule has 19 heavy (non-hydrogen) atoms. The minimum Gasteiger partial charge on any atom is -0.359 e. The summed E-state index contributed by atoms with van der Waals surface area (Å²) in [5, 5.41) is 6.74. The van der Waals surface area contributed by atoms with E-state index in [1.54, 1.807) is 0 Å². The van der Waals surface area contributed by atoms with Crippen LogP contribution >= 0.6 is 11.5 Å². The van der Waals surface area contributed by atoms with Crippen molar-refractivity contribution in [3.8, 4) is 0 Å². The van der Waals surface area contributed by atoms with Crippen LogP contribution in [0.15, 0.2) is 24.3 Å². The number of nitrogens with zero attached hydrogens (tertiary/aromatic N) is 2. The first-order valence-corrected chi connectivity index (χ1v) is 6.81. The number of anilines is 1. The molecule has 0 atom stereocenters. The highest BCUT2D eigenvalue weighted by Crippen LogP contribution is 2.08. The van der Waals surface area contributed by atoms with Crippen molar-refractivity contribution in [2.24, 2.45) is 0 Å². The van der Waals surface area contributed by atoms with E-state index in [0.29, 0.717) is 18.7 Å². The molecule has 1 aromatic carbocycles. The quantitative estimate of drug-likeness (QED) is 0.820. The van der Waals surface area contributed by atoms with Crippen molar-refractivity contribution in [3.63, 3.8) is 0 Å². The van der Waals surface area contributed by atoms with E-state index in [0.717, 1.165) is 16.5 Å². The maximum absolute atomic E-state index is 11.8. The van der Waals surface area contributed by atoms with Gasteiger partial charge in [0.05, 0.1) is 0 Å². The minimum atomic E-state index is -0.0600. The fraction of sp³-hybridized carbons (Fsp3) is 0.308. The highest BCUT2D eigenvalue weighted by atomic mass is 32.1. The van der Waals surface area contributed by atoms with Crippen LogP contribution in [-0.4, -0.2) is 28.4 Å². The van der Waals surface area contributed by atoms with Crippen LogP contribution in [0.5, 0.6) is 0 Å². The lowest BCUT2D eigenvalue weighted by molar-refractivity contribution is 0.0955. The topological polar surface area (TPSA) is 66.9 Å². The lowest BCUT2D eigenvalue weighted by Gasteiger charge is -2.06. The molecule has 0 spiro atoms. The SMILES string of the molecule is Cc1ccc(C(=O)NCCNc2nc(C)ns2)cc1. The average Bonchev–Trinajstić information content (AvgIpc) is 2.81. The lowest BCUT2D eigenvalue weighted by Crippen LogP contribution is -2.28. The van der Waals surface area contributed by atoms with Crippen LogP contribution in [0.25, 0.3) is 0 Å². The Morgan fingerprint density at radius 3 is 2.58 bits per heavy atom. The Hall–Kier alpha value is -1.95. The molecule has 0 saturated carbocycles. The Bertz CT molecular complexity index is 550. The predicted molar refractivity (Wildman–Crippen MR) is 76.6 cm³/mol. The van der Waals surface area contributed by atoms with E-state index < -0.39 is 0 Å². The maximum Gasteiger partial charge on any atom is 0.251 e. The second-order valence-corrected chi connectivity index (χ2v) is 4.95. The number of benzene rings is 1. The number of nitrogens with one attached hydrogen (secondary N) is 2. The van der Waals surface area contributed by atoms with Crippen molar-refractivity contribution in [1.29, 1.82) is 0 Å². The van der Waals surface area contributed by atoms with Crippen LogP contribution in [0, 0.1) is 13.8 Å². The zero-order valence-electron chi connectivity index (χ0n) is 10.9. The summed E-state index contributed by atoms with van der Waals surface area (Å²) in [6.45, 7) is 5.02. The van der Waals surface area contributed by atoms with Crippen molar-refractivity contribution in [1.82, 2.24) is 14.7 Å². The molecule has 0 saturated heterocycles. The summed E-state index contributed by atoms with van der Waals surface area (Å²) in [5.74, 6) is 0.700. The highest BCUT2D eigenvalue weighted by Gasteiger charge is 2.04. The average molecular weight is 276 g/mol. The van der Waals surface area contributed by atoms with Gasteiger partial charge < -0.3 is 10.6 Å². The number of aryl methyl sites for hydroxylation is 2. The van der Waals surface area contributed by atoms with Gasteiger partial charge in [0.15, 0.2) is 0 Å². The van der Waals surface area contributed by atoms with Gasteiger partial charge in [0.25, 0.3) is 5.91 Å². The molecule has 0 aliphatic rings. The summed E-state index contributed by atoms with van der Waals surface area (Å²) in [6, 6.07) is 7.51. The van der Waals surface area contributed by atoms with Gasteiger partial charge in [-0.1, -0.05) is 17.7 Å². The van der Waals surface area contributed by atoms with Crippen LogP contribution in [0.1, 0.15) is 21.7 Å². The first-order valence-electron chi connectivity index (χ1n) is 6.04. The van der Waals surface area contributed by atoms with Gasteiger partial charge in [0.2, 0.25) is 5.13 Å². The van der Waals surface area contributed by atoms with Gasteiger partial charge in [-0.25, -0.2) is 4.98 Å². The molecule has 0 radical (unpaired) electrons. The Kier molecular flexibility index (Phi) is 4.46. The van der Waals surface area contributed by atoms with Crippen molar-refractivity contribution in [3.05, 3.63) is 41.2 Å². The smallest absolute Gasteiger partial charge is 0.251 e. The van der Waals surface area contributed by atoms with Gasteiger partial charge in [-0.15, -0.1) is 0 Å². The molecule has 2 N–H and O–H groups in total. The van der Waals surface area contributed by atoms with E-state index in [4.69, 9.17) is 0 Å². The number of hydrogen-bond donors (Lipinski definition) is 2. The van der Waals surface area contributed by atoms with Gasteiger partial charge in [-0.2, -0.15) is 4.37 Å². The van der Waals surface area contributed by atoms with E-state index in [2.05, 4.69) is 20.0 Å². The van der Waals surface area contributed by atoms with Crippen LogP contribution in [0.3, 0.4) is 0 Å². The lowest BCUT2D eigenvalue weighted by atomic mass is 10.1. The molecule has 100 valence electrons. The van der Waals surface area contributed by atoms with Crippen molar-refractivity contribution in [2.45, 2.75) is 13.8 Å². The number of hydrogen-bond acceptors (Lipinski definition) is 5. The van der Waals surface area contributed by atoms with Crippen LogP contribution < -0.4 is 10.6 Å².